The van der Waals surface area contributed by atoms with Crippen LogP contribution < -0.4 is 0 Å². The van der Waals surface area contributed by atoms with Gasteiger partial charge in [-0.15, -0.1) is 0 Å². The molecule has 0 aromatic heterocycles. The van der Waals surface area contributed by atoms with Gasteiger partial charge in [-0.2, -0.15) is 0 Å². The summed E-state index contributed by atoms with van der Waals surface area (Å²) in [5, 5.41) is 0. The number of hydrogen-bond donors (Lipinski definition) is 0. The molecule has 0 aromatic rings. The van der Waals surface area contributed by atoms with Gasteiger partial charge >= 0.3 is 35.8 Å². The Morgan fingerprint density at radius 1 is 0.938 bits per heavy atom. The molecule has 10 atom stereocenters. The van der Waals surface area contributed by atoms with Gasteiger partial charge in [0.25, 0.3) is 0 Å². The standard InChI is InChI=1S/C34H42O14/c1-14(2)15(3)10-23(39)48-26-28-33-13-43-34(28,31(41)42-9)29(46-19(7)37)25(45-18(6)36)27(33)32(8)12-21(38)24(44-17(5)35)16(4)20(32)11-22(33)47-30(26)40/h10,14,20,22,25-29H,11-13H2,1-9H3/b15-10+/t20-,22+,25+,26+,27+,28+,29-,32-,33+,34-/m0/s1. The molecule has 0 amide bonds. The molecular weight excluding hydrogens is 632 g/mol. The highest BCUT2D eigenvalue weighted by Crippen LogP contribution is 2.73. The molecule has 5 rings (SSSR count). The van der Waals surface area contributed by atoms with E-state index in [0.717, 1.165) is 21.0 Å². The topological polar surface area (TPSA) is 184 Å². The van der Waals surface area contributed by atoms with E-state index in [4.69, 9.17) is 33.2 Å². The molecule has 1 spiro atoms. The third-order valence-electron chi connectivity index (χ3n) is 11.1. The molecule has 3 aliphatic carbocycles. The van der Waals surface area contributed by atoms with Crippen LogP contribution >= 0.6 is 0 Å². The van der Waals surface area contributed by atoms with Crippen molar-refractivity contribution >= 4 is 41.6 Å². The molecule has 0 unspecified atom stereocenters. The van der Waals surface area contributed by atoms with Crippen LogP contribution in [0, 0.1) is 34.5 Å². The summed E-state index contributed by atoms with van der Waals surface area (Å²) in [6.45, 7) is 12.0. The molecule has 2 saturated heterocycles. The Labute approximate surface area is 277 Å². The first-order chi connectivity index (χ1) is 22.4. The molecule has 262 valence electrons. The van der Waals surface area contributed by atoms with E-state index < -0.39 is 100 Å². The summed E-state index contributed by atoms with van der Waals surface area (Å²) in [5.74, 6) is -8.82. The Hall–Kier alpha value is -4.07. The normalized spacial score (nSPS) is 38.3. The summed E-state index contributed by atoms with van der Waals surface area (Å²) in [5.41, 5.74) is -3.78. The van der Waals surface area contributed by atoms with E-state index in [0.29, 0.717) is 11.1 Å². The highest BCUT2D eigenvalue weighted by molar-refractivity contribution is 5.98. The van der Waals surface area contributed by atoms with Crippen LogP contribution in [0.3, 0.4) is 0 Å². The zero-order chi connectivity index (χ0) is 35.7. The summed E-state index contributed by atoms with van der Waals surface area (Å²) in [6.07, 6.45) is -4.80. The van der Waals surface area contributed by atoms with E-state index >= 15 is 0 Å². The first-order valence-electron chi connectivity index (χ1n) is 15.9. The van der Waals surface area contributed by atoms with Crippen LogP contribution in [0.25, 0.3) is 0 Å². The molecule has 48 heavy (non-hydrogen) atoms. The van der Waals surface area contributed by atoms with Gasteiger partial charge in [-0.3, -0.25) is 19.2 Å². The number of allylic oxidation sites excluding steroid dienone is 3. The first-order valence-corrected chi connectivity index (χ1v) is 15.9. The van der Waals surface area contributed by atoms with Gasteiger partial charge < -0.3 is 33.2 Å². The van der Waals surface area contributed by atoms with E-state index in [-0.39, 0.29) is 31.1 Å². The Kier molecular flexibility index (Phi) is 8.90. The van der Waals surface area contributed by atoms with Gasteiger partial charge in [0.05, 0.1) is 19.6 Å². The SMILES string of the molecule is COC(=O)[C@@]12OC[C@]34[C@H]([C@@H](OC(C)=O)[C@@H]1OC(C)=O)[C@@]1(C)CC(=O)C(OC(C)=O)=C(C)[C@@H]1C[C@H]3OC(=O)[C@H](OC(=O)/C=C(\C)C(C)C)[C@@H]24. The molecule has 0 aromatic carbocycles. The largest absolute Gasteiger partial charge is 0.467 e. The molecule has 2 bridgehead atoms. The number of fused-ring (bicyclic) bond motifs is 2. The number of rotatable bonds is 7. The minimum atomic E-state index is -2.30. The molecule has 0 N–H and O–H groups in total. The minimum absolute atomic E-state index is 0.0242. The third-order valence-corrected chi connectivity index (χ3v) is 11.1. The zero-order valence-electron chi connectivity index (χ0n) is 28.5. The Bertz CT molecular complexity index is 1540. The number of esters is 6. The number of Topliss-reactive ketones (excluding diaryl/α,β-unsaturated/α-hetero) is 1. The van der Waals surface area contributed by atoms with Gasteiger partial charge in [0, 0.05) is 44.6 Å². The fourth-order valence-corrected chi connectivity index (χ4v) is 9.23. The molecule has 2 aliphatic heterocycles. The fourth-order valence-electron chi connectivity index (χ4n) is 9.23. The number of ketones is 1. The van der Waals surface area contributed by atoms with Crippen LogP contribution in [0.2, 0.25) is 0 Å². The van der Waals surface area contributed by atoms with Gasteiger partial charge in [0.2, 0.25) is 11.7 Å². The van der Waals surface area contributed by atoms with Crippen molar-refractivity contribution in [2.75, 3.05) is 13.7 Å². The summed E-state index contributed by atoms with van der Waals surface area (Å²) in [4.78, 5) is 92.7. The second kappa shape index (κ2) is 12.1. The number of carbonyl (C=O) groups is 7. The monoisotopic (exact) mass is 674 g/mol. The van der Waals surface area contributed by atoms with Crippen molar-refractivity contribution in [3.05, 3.63) is 23.0 Å². The third kappa shape index (κ3) is 5.05. The van der Waals surface area contributed by atoms with Crippen molar-refractivity contribution in [3.8, 4) is 0 Å². The average Bonchev–Trinajstić information content (AvgIpc) is 3.27. The van der Waals surface area contributed by atoms with Gasteiger partial charge in [0.15, 0.2) is 17.6 Å². The van der Waals surface area contributed by atoms with Crippen LogP contribution in [0.15, 0.2) is 23.0 Å². The lowest BCUT2D eigenvalue weighted by molar-refractivity contribution is -0.294. The van der Waals surface area contributed by atoms with E-state index in [1.807, 2.05) is 13.8 Å². The smallest absolute Gasteiger partial charge is 0.348 e. The van der Waals surface area contributed by atoms with Crippen molar-refractivity contribution in [1.82, 2.24) is 0 Å². The van der Waals surface area contributed by atoms with E-state index in [2.05, 4.69) is 0 Å². The second-order valence-electron chi connectivity index (χ2n) is 14.1. The van der Waals surface area contributed by atoms with E-state index in [1.165, 1.54) is 13.0 Å². The van der Waals surface area contributed by atoms with Crippen LogP contribution in [0.5, 0.6) is 0 Å². The first kappa shape index (κ1) is 35.2. The predicted molar refractivity (Wildman–Crippen MR) is 160 cm³/mol. The van der Waals surface area contributed by atoms with Gasteiger partial charge in [-0.05, 0) is 43.1 Å². The predicted octanol–water partition coefficient (Wildman–Crippen LogP) is 2.30. The van der Waals surface area contributed by atoms with Crippen LogP contribution in [0.1, 0.15) is 68.2 Å². The second-order valence-corrected chi connectivity index (χ2v) is 14.1. The van der Waals surface area contributed by atoms with Gasteiger partial charge in [-0.25, -0.2) is 14.4 Å². The van der Waals surface area contributed by atoms with Crippen LogP contribution in [0.4, 0.5) is 0 Å². The van der Waals surface area contributed by atoms with E-state index in [1.54, 1.807) is 20.8 Å². The Balaban J connectivity index is 1.81. The maximum atomic E-state index is 14.1. The fraction of sp³-hybridized carbons (Fsp3) is 0.676. The highest BCUT2D eigenvalue weighted by atomic mass is 16.6. The van der Waals surface area contributed by atoms with Crippen LogP contribution in [-0.4, -0.2) is 85.3 Å². The zero-order valence-corrected chi connectivity index (χ0v) is 28.5. The maximum Gasteiger partial charge on any atom is 0.348 e. The van der Waals surface area contributed by atoms with Crippen LogP contribution in [-0.2, 0) is 66.7 Å². The minimum Gasteiger partial charge on any atom is -0.467 e. The molecule has 0 radical (unpaired) electrons. The summed E-state index contributed by atoms with van der Waals surface area (Å²) < 4.78 is 40.7. The molecule has 2 saturated carbocycles. The summed E-state index contributed by atoms with van der Waals surface area (Å²) >= 11 is 0. The lowest BCUT2D eigenvalue weighted by atomic mass is 9.38. The van der Waals surface area contributed by atoms with Crippen molar-refractivity contribution in [2.45, 2.75) is 98.2 Å². The average molecular weight is 675 g/mol. The lowest BCUT2D eigenvalue weighted by Gasteiger charge is -2.67. The Morgan fingerprint density at radius 3 is 2.15 bits per heavy atom. The molecule has 14 heteroatoms. The maximum absolute atomic E-state index is 14.1. The lowest BCUT2D eigenvalue weighted by Crippen LogP contribution is -2.80. The summed E-state index contributed by atoms with van der Waals surface area (Å²) in [7, 11) is 1.08. The quantitative estimate of drug-likeness (QED) is 0.218. The number of ether oxygens (including phenoxy) is 7. The number of methoxy groups -OCH3 is 1. The van der Waals surface area contributed by atoms with Crippen molar-refractivity contribution in [3.63, 3.8) is 0 Å². The number of carbonyl (C=O) groups excluding carboxylic acids is 7. The molecule has 2 heterocycles. The highest BCUT2D eigenvalue weighted by Gasteiger charge is 2.86. The Morgan fingerprint density at radius 2 is 1.58 bits per heavy atom. The van der Waals surface area contributed by atoms with Crippen molar-refractivity contribution in [2.24, 2.45) is 34.5 Å². The number of hydrogen-bond acceptors (Lipinski definition) is 14. The van der Waals surface area contributed by atoms with Gasteiger partial charge in [-0.1, -0.05) is 26.3 Å². The molecular formula is C34H42O14. The van der Waals surface area contributed by atoms with Crippen molar-refractivity contribution < 1.29 is 66.7 Å². The van der Waals surface area contributed by atoms with Crippen molar-refractivity contribution in [1.29, 1.82) is 0 Å². The van der Waals surface area contributed by atoms with Gasteiger partial charge in [0.1, 0.15) is 12.2 Å². The van der Waals surface area contributed by atoms with E-state index in [9.17, 15) is 33.6 Å². The molecule has 5 aliphatic rings. The molecule has 14 nitrogen and oxygen atoms in total. The molecule has 4 fully saturated rings. The summed E-state index contributed by atoms with van der Waals surface area (Å²) in [6, 6.07) is 0.